The van der Waals surface area contributed by atoms with Gasteiger partial charge in [-0.15, -0.1) is 0 Å². The quantitative estimate of drug-likeness (QED) is 0.303. The van der Waals surface area contributed by atoms with Crippen LogP contribution in [-0.2, 0) is 20.7 Å². The summed E-state index contributed by atoms with van der Waals surface area (Å²) >= 11 is -1.31. The summed E-state index contributed by atoms with van der Waals surface area (Å²) in [7, 11) is 1.32. The highest BCUT2D eigenvalue weighted by Crippen LogP contribution is 2.33. The van der Waals surface area contributed by atoms with Crippen molar-refractivity contribution in [2.24, 2.45) is 5.73 Å². The van der Waals surface area contributed by atoms with Gasteiger partial charge in [0.05, 0.1) is 13.5 Å². The molecular weight excluding hydrogens is 404 g/mol. The number of hydrogen-bond acceptors (Lipinski definition) is 5. The second-order valence-corrected chi connectivity index (χ2v) is 8.22. The zero-order valence-corrected chi connectivity index (χ0v) is 17.7. The number of amidine groups is 1. The molecule has 3 rings (SSSR count). The van der Waals surface area contributed by atoms with Gasteiger partial charge < -0.3 is 19.9 Å². The van der Waals surface area contributed by atoms with E-state index in [1.54, 1.807) is 34.3 Å². The number of nitrogens with one attached hydrogen (secondary N) is 1. The molecule has 9 heteroatoms. The number of amides is 2. The van der Waals surface area contributed by atoms with Crippen LogP contribution in [0.1, 0.15) is 12.0 Å². The van der Waals surface area contributed by atoms with Crippen molar-refractivity contribution < 1.29 is 18.9 Å². The van der Waals surface area contributed by atoms with Crippen LogP contribution >= 0.6 is 0 Å². The Morgan fingerprint density at radius 1 is 1.20 bits per heavy atom. The lowest BCUT2D eigenvalue weighted by atomic mass is 10.0. The highest BCUT2D eigenvalue weighted by Gasteiger charge is 2.33. The summed E-state index contributed by atoms with van der Waals surface area (Å²) in [6, 6.07) is 12.5. The maximum atomic E-state index is 12.8. The molecular formula is C21H24N4O4S. The smallest absolute Gasteiger partial charge is 0.324 e. The van der Waals surface area contributed by atoms with Gasteiger partial charge in [0, 0.05) is 31.3 Å². The summed E-state index contributed by atoms with van der Waals surface area (Å²) in [5.74, 6) is -0.367. The second kappa shape index (κ2) is 9.19. The van der Waals surface area contributed by atoms with Crippen LogP contribution in [0.5, 0.6) is 0 Å². The molecule has 0 bridgehead atoms. The first-order valence-corrected chi connectivity index (χ1v) is 10.9. The summed E-state index contributed by atoms with van der Waals surface area (Å²) in [6.45, 7) is 1.23. The van der Waals surface area contributed by atoms with E-state index in [2.05, 4.69) is 4.74 Å². The zero-order chi connectivity index (χ0) is 21.8. The van der Waals surface area contributed by atoms with Crippen molar-refractivity contribution >= 4 is 34.7 Å². The number of anilines is 1. The number of hydrogen-bond donors (Lipinski definition) is 2. The van der Waals surface area contributed by atoms with Crippen molar-refractivity contribution in [1.82, 2.24) is 4.90 Å². The van der Waals surface area contributed by atoms with Gasteiger partial charge in [-0.1, -0.05) is 30.3 Å². The highest BCUT2D eigenvalue weighted by atomic mass is 32.2. The number of rotatable bonds is 7. The van der Waals surface area contributed by atoms with Crippen molar-refractivity contribution in [2.45, 2.75) is 11.3 Å². The molecule has 2 amide bonds. The molecule has 1 atom stereocenters. The monoisotopic (exact) mass is 428 g/mol. The number of methoxy groups -OCH3 is 1. The van der Waals surface area contributed by atoms with Crippen molar-refractivity contribution in [1.29, 1.82) is 5.41 Å². The van der Waals surface area contributed by atoms with Gasteiger partial charge in [0.25, 0.3) is 0 Å². The van der Waals surface area contributed by atoms with Crippen molar-refractivity contribution in [3.05, 3.63) is 48.0 Å². The lowest BCUT2D eigenvalue weighted by Crippen LogP contribution is -2.34. The minimum Gasteiger partial charge on any atom is -0.612 e. The average molecular weight is 429 g/mol. The van der Waals surface area contributed by atoms with Crippen LogP contribution in [0.15, 0.2) is 47.4 Å². The normalized spacial score (nSPS) is 14.7. The SMILES string of the molecule is COC(=O)CCN1CCN(c2ccc(-c3ccc(C(=N)N)cc3)cc2[S+](C)[O-])C1=O. The lowest BCUT2D eigenvalue weighted by molar-refractivity contribution is -0.140. The van der Waals surface area contributed by atoms with E-state index in [9.17, 15) is 14.1 Å². The molecule has 3 N–H and O–H groups in total. The summed E-state index contributed by atoms with van der Waals surface area (Å²) in [6.07, 6.45) is 1.72. The number of esters is 1. The Balaban J connectivity index is 1.85. The second-order valence-electron chi connectivity index (χ2n) is 6.88. The van der Waals surface area contributed by atoms with Gasteiger partial charge in [0.15, 0.2) is 4.90 Å². The molecule has 8 nitrogen and oxygen atoms in total. The van der Waals surface area contributed by atoms with E-state index < -0.39 is 11.2 Å². The summed E-state index contributed by atoms with van der Waals surface area (Å²) in [5, 5.41) is 7.49. The number of nitrogens with two attached hydrogens (primary N) is 1. The molecule has 2 aromatic rings. The Hall–Kier alpha value is -3.04. The van der Waals surface area contributed by atoms with E-state index in [1.807, 2.05) is 24.3 Å². The minimum absolute atomic E-state index is 0.00320. The summed E-state index contributed by atoms with van der Waals surface area (Å²) < 4.78 is 17.1. The molecule has 0 aromatic heterocycles. The first-order valence-electron chi connectivity index (χ1n) is 9.37. The fourth-order valence-electron chi connectivity index (χ4n) is 3.33. The van der Waals surface area contributed by atoms with Gasteiger partial charge >= 0.3 is 12.0 Å². The standard InChI is InChI=1S/C21H24N4O4S/c1-29-19(26)9-10-24-11-12-25(21(24)27)17-8-7-16(13-18(17)30(2)28)14-3-5-15(6-4-14)20(22)23/h3-8,13H,9-12H2,1-2H3,(H3,22,23). The molecule has 1 heterocycles. The molecule has 2 aromatic carbocycles. The molecule has 0 saturated carbocycles. The zero-order valence-electron chi connectivity index (χ0n) is 16.9. The molecule has 0 aliphatic carbocycles. The van der Waals surface area contributed by atoms with E-state index in [0.29, 0.717) is 29.2 Å². The fourth-order valence-corrected chi connectivity index (χ4v) is 4.10. The van der Waals surface area contributed by atoms with Gasteiger partial charge in [0.2, 0.25) is 0 Å². The largest absolute Gasteiger partial charge is 0.612 e. The summed E-state index contributed by atoms with van der Waals surface area (Å²) in [4.78, 5) is 27.9. The van der Waals surface area contributed by atoms with Gasteiger partial charge in [-0.3, -0.25) is 15.1 Å². The fraction of sp³-hybridized carbons (Fsp3) is 0.286. The molecule has 1 unspecified atom stereocenters. The van der Waals surface area contributed by atoms with E-state index in [4.69, 9.17) is 11.1 Å². The van der Waals surface area contributed by atoms with Crippen LogP contribution < -0.4 is 10.6 Å². The lowest BCUT2D eigenvalue weighted by Gasteiger charge is -2.21. The topological polar surface area (TPSA) is 123 Å². The Morgan fingerprint density at radius 3 is 2.47 bits per heavy atom. The van der Waals surface area contributed by atoms with Gasteiger partial charge in [0.1, 0.15) is 17.8 Å². The van der Waals surface area contributed by atoms with E-state index in [1.165, 1.54) is 7.11 Å². The van der Waals surface area contributed by atoms with E-state index in [-0.39, 0.29) is 30.8 Å². The Bertz CT molecular complexity index is 962. The maximum Gasteiger partial charge on any atom is 0.324 e. The summed E-state index contributed by atoms with van der Waals surface area (Å²) in [5.41, 5.74) is 8.48. The van der Waals surface area contributed by atoms with Crippen LogP contribution in [0.4, 0.5) is 10.5 Å². The Labute approximate surface area is 178 Å². The molecule has 1 fully saturated rings. The van der Waals surface area contributed by atoms with E-state index >= 15 is 0 Å². The number of benzene rings is 2. The van der Waals surface area contributed by atoms with Crippen LogP contribution in [0.3, 0.4) is 0 Å². The number of urea groups is 1. The third-order valence-corrected chi connectivity index (χ3v) is 5.94. The molecule has 1 aliphatic heterocycles. The van der Waals surface area contributed by atoms with Gasteiger partial charge in [-0.25, -0.2) is 4.79 Å². The predicted molar refractivity (Wildman–Crippen MR) is 116 cm³/mol. The first kappa shape index (κ1) is 21.7. The van der Waals surface area contributed by atoms with Gasteiger partial charge in [-0.2, -0.15) is 0 Å². The van der Waals surface area contributed by atoms with Crippen LogP contribution in [0.25, 0.3) is 11.1 Å². The van der Waals surface area contributed by atoms with Crippen molar-refractivity contribution in [3.63, 3.8) is 0 Å². The third kappa shape index (κ3) is 4.58. The predicted octanol–water partition coefficient (Wildman–Crippen LogP) is 2.18. The van der Waals surface area contributed by atoms with Crippen molar-refractivity contribution in [2.75, 3.05) is 37.9 Å². The maximum absolute atomic E-state index is 12.8. The van der Waals surface area contributed by atoms with Crippen molar-refractivity contribution in [3.8, 4) is 11.1 Å². The third-order valence-electron chi connectivity index (χ3n) is 5.00. The number of carbonyl (C=O) groups excluding carboxylic acids is 2. The number of nitrogens with zero attached hydrogens (tertiary/aromatic N) is 2. The molecule has 158 valence electrons. The Morgan fingerprint density at radius 2 is 1.87 bits per heavy atom. The molecule has 30 heavy (non-hydrogen) atoms. The number of ether oxygens (including phenoxy) is 1. The molecule has 1 saturated heterocycles. The number of carbonyl (C=O) groups is 2. The number of nitrogen functional groups attached to an aromatic ring is 1. The van der Waals surface area contributed by atoms with Crippen LogP contribution in [0, 0.1) is 5.41 Å². The van der Waals surface area contributed by atoms with Crippen LogP contribution in [0.2, 0.25) is 0 Å². The van der Waals surface area contributed by atoms with E-state index in [0.717, 1.165) is 11.1 Å². The van der Waals surface area contributed by atoms with Crippen LogP contribution in [-0.4, -0.2) is 60.3 Å². The average Bonchev–Trinajstić information content (AvgIpc) is 3.11. The Kier molecular flexibility index (Phi) is 6.63. The first-order chi connectivity index (χ1) is 14.3. The molecule has 1 aliphatic rings. The highest BCUT2D eigenvalue weighted by molar-refractivity contribution is 7.90. The van der Waals surface area contributed by atoms with Gasteiger partial charge in [-0.05, 0) is 28.4 Å². The minimum atomic E-state index is -1.31. The molecule has 0 spiro atoms. The molecule has 0 radical (unpaired) electrons.